The van der Waals surface area contributed by atoms with Gasteiger partial charge < -0.3 is 4.90 Å². The van der Waals surface area contributed by atoms with E-state index in [1.807, 2.05) is 36.4 Å². The van der Waals surface area contributed by atoms with Crippen LogP contribution in [0.15, 0.2) is 64.9 Å². The number of hydrogen-bond acceptors (Lipinski definition) is 3. The quantitative estimate of drug-likeness (QED) is 0.602. The van der Waals surface area contributed by atoms with Gasteiger partial charge in [-0.2, -0.15) is 0 Å². The lowest BCUT2D eigenvalue weighted by Gasteiger charge is -2.32. The summed E-state index contributed by atoms with van der Waals surface area (Å²) >= 11 is 1.72. The number of hydrogen-bond donors (Lipinski definition) is 0. The molecule has 1 heterocycles. The van der Waals surface area contributed by atoms with E-state index in [-0.39, 0.29) is 5.78 Å². The van der Waals surface area contributed by atoms with Crippen LogP contribution in [0.4, 0.5) is 11.4 Å². The molecule has 0 atom stereocenters. The molecule has 3 heteroatoms. The molecule has 2 aromatic rings. The number of para-hydroxylation sites is 1. The van der Waals surface area contributed by atoms with Crippen molar-refractivity contribution in [2.45, 2.75) is 16.7 Å². The number of rotatable bonds is 3. The zero-order valence-corrected chi connectivity index (χ0v) is 12.1. The summed E-state index contributed by atoms with van der Waals surface area (Å²) in [5.74, 6) is 0.0996. The van der Waals surface area contributed by atoms with Gasteiger partial charge >= 0.3 is 0 Å². The highest BCUT2D eigenvalue weighted by Crippen LogP contribution is 2.48. The van der Waals surface area contributed by atoms with Crippen LogP contribution < -0.4 is 4.90 Å². The molecular weight excluding hydrogens is 266 g/mol. The maximum atomic E-state index is 11.5. The van der Waals surface area contributed by atoms with Crippen molar-refractivity contribution >= 4 is 28.9 Å². The van der Waals surface area contributed by atoms with Crippen LogP contribution in [-0.2, 0) is 0 Å². The summed E-state index contributed by atoms with van der Waals surface area (Å²) in [6.45, 7) is 6.20. The molecule has 0 aromatic heterocycles. The number of carbonyl (C=O) groups is 1. The fourth-order valence-corrected chi connectivity index (χ4v) is 3.51. The smallest absolute Gasteiger partial charge is 0.159 e. The molecule has 2 aromatic carbocycles. The monoisotopic (exact) mass is 281 g/mol. The molecule has 0 bridgehead atoms. The number of benzene rings is 2. The molecule has 0 unspecified atom stereocenters. The molecule has 100 valence electrons. The van der Waals surface area contributed by atoms with E-state index < -0.39 is 0 Å². The van der Waals surface area contributed by atoms with Gasteiger partial charge in [0.05, 0.1) is 11.4 Å². The van der Waals surface area contributed by atoms with Gasteiger partial charge in [-0.1, -0.05) is 30.0 Å². The van der Waals surface area contributed by atoms with Gasteiger partial charge in [0.1, 0.15) is 0 Å². The standard InChI is InChI=1S/C17H15NOS/c1-3-10-18-14-6-4-5-7-16(14)20-17-11-13(12(2)19)8-9-15(17)18/h3-9,11H,1,10H2,2H3. The molecule has 20 heavy (non-hydrogen) atoms. The van der Waals surface area contributed by atoms with Crippen molar-refractivity contribution in [3.05, 3.63) is 60.7 Å². The Hall–Kier alpha value is -2.00. The number of fused-ring (bicyclic) bond motifs is 2. The van der Waals surface area contributed by atoms with Gasteiger partial charge in [0, 0.05) is 21.9 Å². The first-order valence-electron chi connectivity index (χ1n) is 6.51. The molecule has 2 nitrogen and oxygen atoms in total. The average Bonchev–Trinajstić information content (AvgIpc) is 2.46. The van der Waals surface area contributed by atoms with Crippen LogP contribution >= 0.6 is 11.8 Å². The van der Waals surface area contributed by atoms with Crippen molar-refractivity contribution in [2.75, 3.05) is 11.4 Å². The zero-order chi connectivity index (χ0) is 14.1. The molecule has 0 N–H and O–H groups in total. The summed E-state index contributed by atoms with van der Waals surface area (Å²) in [5, 5.41) is 0. The normalized spacial score (nSPS) is 12.6. The van der Waals surface area contributed by atoms with Crippen molar-refractivity contribution in [3.8, 4) is 0 Å². The SMILES string of the molecule is C=CCN1c2ccccc2Sc2cc(C(C)=O)ccc21. The number of nitrogens with zero attached hydrogens (tertiary/aromatic N) is 1. The van der Waals surface area contributed by atoms with Crippen LogP contribution in [0.1, 0.15) is 17.3 Å². The predicted octanol–water partition coefficient (Wildman–Crippen LogP) is 4.68. The molecule has 0 radical (unpaired) electrons. The Kier molecular flexibility index (Phi) is 3.36. The zero-order valence-electron chi connectivity index (χ0n) is 11.3. The van der Waals surface area contributed by atoms with E-state index in [1.54, 1.807) is 18.7 Å². The van der Waals surface area contributed by atoms with Gasteiger partial charge in [-0.05, 0) is 37.3 Å². The Labute approximate surface area is 123 Å². The minimum atomic E-state index is 0.0996. The fraction of sp³-hybridized carbons (Fsp3) is 0.118. The van der Waals surface area contributed by atoms with Gasteiger partial charge in [-0.15, -0.1) is 6.58 Å². The molecule has 0 amide bonds. The van der Waals surface area contributed by atoms with Crippen molar-refractivity contribution < 1.29 is 4.79 Å². The highest BCUT2D eigenvalue weighted by molar-refractivity contribution is 7.99. The lowest BCUT2D eigenvalue weighted by Crippen LogP contribution is -2.20. The van der Waals surface area contributed by atoms with Crippen LogP contribution in [-0.4, -0.2) is 12.3 Å². The third-order valence-electron chi connectivity index (χ3n) is 3.34. The lowest BCUT2D eigenvalue weighted by atomic mass is 10.1. The molecular formula is C17H15NOS. The van der Waals surface area contributed by atoms with E-state index in [9.17, 15) is 4.79 Å². The summed E-state index contributed by atoms with van der Waals surface area (Å²) in [6.07, 6.45) is 1.90. The first-order valence-corrected chi connectivity index (χ1v) is 7.32. The molecule has 0 saturated carbocycles. The van der Waals surface area contributed by atoms with Crippen molar-refractivity contribution in [3.63, 3.8) is 0 Å². The molecule has 0 aliphatic carbocycles. The third kappa shape index (κ3) is 2.14. The minimum absolute atomic E-state index is 0.0996. The second-order valence-electron chi connectivity index (χ2n) is 4.71. The van der Waals surface area contributed by atoms with Crippen molar-refractivity contribution in [1.82, 2.24) is 0 Å². The largest absolute Gasteiger partial charge is 0.336 e. The third-order valence-corrected chi connectivity index (χ3v) is 4.46. The Morgan fingerprint density at radius 1 is 1.20 bits per heavy atom. The topological polar surface area (TPSA) is 20.3 Å². The van der Waals surface area contributed by atoms with Gasteiger partial charge in [-0.3, -0.25) is 4.79 Å². The number of Topliss-reactive ketones (excluding diaryl/α,β-unsaturated/α-hetero) is 1. The highest BCUT2D eigenvalue weighted by atomic mass is 32.2. The van der Waals surface area contributed by atoms with E-state index in [4.69, 9.17) is 0 Å². The Morgan fingerprint density at radius 2 is 1.95 bits per heavy atom. The van der Waals surface area contributed by atoms with Crippen molar-refractivity contribution in [1.29, 1.82) is 0 Å². The summed E-state index contributed by atoms with van der Waals surface area (Å²) in [7, 11) is 0. The van der Waals surface area contributed by atoms with Crippen LogP contribution in [0.25, 0.3) is 0 Å². The lowest BCUT2D eigenvalue weighted by molar-refractivity contribution is 0.101. The van der Waals surface area contributed by atoms with Crippen LogP contribution in [0.5, 0.6) is 0 Å². The van der Waals surface area contributed by atoms with E-state index in [0.29, 0.717) is 0 Å². The van der Waals surface area contributed by atoms with Gasteiger partial charge in [-0.25, -0.2) is 0 Å². The first-order chi connectivity index (χ1) is 9.70. The average molecular weight is 281 g/mol. The van der Waals surface area contributed by atoms with Crippen molar-refractivity contribution in [2.24, 2.45) is 0 Å². The molecule has 0 fully saturated rings. The van der Waals surface area contributed by atoms with Crippen LogP contribution in [0.2, 0.25) is 0 Å². The summed E-state index contributed by atoms with van der Waals surface area (Å²) in [4.78, 5) is 16.1. The van der Waals surface area contributed by atoms with Crippen LogP contribution in [0, 0.1) is 0 Å². The van der Waals surface area contributed by atoms with Crippen LogP contribution in [0.3, 0.4) is 0 Å². The minimum Gasteiger partial charge on any atom is -0.336 e. The van der Waals surface area contributed by atoms with Gasteiger partial charge in [0.2, 0.25) is 0 Å². The van der Waals surface area contributed by atoms with Gasteiger partial charge in [0.25, 0.3) is 0 Å². The van der Waals surface area contributed by atoms with E-state index in [2.05, 4.69) is 23.6 Å². The number of carbonyl (C=O) groups excluding carboxylic acids is 1. The fourth-order valence-electron chi connectivity index (χ4n) is 2.38. The first kappa shape index (κ1) is 13.0. The highest BCUT2D eigenvalue weighted by Gasteiger charge is 2.22. The molecule has 1 aliphatic heterocycles. The van der Waals surface area contributed by atoms with E-state index in [1.165, 1.54) is 10.6 Å². The second kappa shape index (κ2) is 5.17. The Morgan fingerprint density at radius 3 is 2.70 bits per heavy atom. The number of anilines is 2. The van der Waals surface area contributed by atoms with E-state index >= 15 is 0 Å². The number of ketones is 1. The second-order valence-corrected chi connectivity index (χ2v) is 5.79. The molecule has 1 aliphatic rings. The predicted molar refractivity (Wildman–Crippen MR) is 84.2 cm³/mol. The Balaban J connectivity index is 2.14. The van der Waals surface area contributed by atoms with Gasteiger partial charge in [0.15, 0.2) is 5.78 Å². The maximum Gasteiger partial charge on any atom is 0.159 e. The molecule has 0 saturated heterocycles. The summed E-state index contributed by atoms with van der Waals surface area (Å²) in [5.41, 5.74) is 3.09. The molecule has 0 spiro atoms. The van der Waals surface area contributed by atoms with E-state index in [0.717, 1.165) is 22.7 Å². The molecule has 3 rings (SSSR count). The maximum absolute atomic E-state index is 11.5. The summed E-state index contributed by atoms with van der Waals surface area (Å²) in [6, 6.07) is 14.2. The summed E-state index contributed by atoms with van der Waals surface area (Å²) < 4.78 is 0. The Bertz CT molecular complexity index is 693.